The summed E-state index contributed by atoms with van der Waals surface area (Å²) in [6.45, 7) is 13.6. The number of aryl methyl sites for hydroxylation is 2. The Morgan fingerprint density at radius 3 is 0.842 bits per heavy atom. The first-order valence-electron chi connectivity index (χ1n) is 34.1. The van der Waals surface area contributed by atoms with Gasteiger partial charge in [-0.2, -0.15) is 0 Å². The Labute approximate surface area is 482 Å². The summed E-state index contributed by atoms with van der Waals surface area (Å²) in [6.07, 6.45) is 68.1. The van der Waals surface area contributed by atoms with E-state index < -0.39 is 0 Å². The SMILES string of the molecule is CCCCCC1=C(c2cccc(CCCC)c2)[N+](=[N-])C(c2cccc(CCCC)c2)=C1CCCC.CCCCCCCCCCCCCCCCCCC[CH2][Ni][CH2]CCCCCCCCCCCCCCCCCCC. The first kappa shape index (κ1) is 70.1. The number of unbranched alkanes of at least 4 members (excludes halogenated alkanes) is 39. The molecule has 1 heterocycles. The fraction of sp³-hybridized carbons (Fsp3) is 0.781. The first-order chi connectivity index (χ1) is 37.6. The van der Waals surface area contributed by atoms with Gasteiger partial charge < -0.3 is 5.53 Å². The molecule has 2 aromatic rings. The molecular formula is C73H128N2Ni. The Morgan fingerprint density at radius 2 is 0.539 bits per heavy atom. The van der Waals surface area contributed by atoms with E-state index in [1.807, 2.05) is 14.4 Å². The summed E-state index contributed by atoms with van der Waals surface area (Å²) in [6, 6.07) is 17.8. The molecule has 0 aromatic heterocycles. The molecule has 0 amide bonds. The van der Waals surface area contributed by atoms with E-state index in [1.54, 1.807) is 4.70 Å². The van der Waals surface area contributed by atoms with Gasteiger partial charge >= 0.3 is 166 Å². The fourth-order valence-electron chi connectivity index (χ4n) is 11.4. The first-order valence-corrected chi connectivity index (χ1v) is 35.5. The molecule has 76 heavy (non-hydrogen) atoms. The average molecular weight is 1090 g/mol. The van der Waals surface area contributed by atoms with Gasteiger partial charge in [0.1, 0.15) is 0 Å². The van der Waals surface area contributed by atoms with Crippen LogP contribution in [0.15, 0.2) is 59.7 Å². The van der Waals surface area contributed by atoms with Crippen LogP contribution in [0.2, 0.25) is 10.8 Å². The number of nitrogens with zero attached hydrogens (tertiary/aromatic N) is 2. The van der Waals surface area contributed by atoms with Crippen molar-refractivity contribution in [1.29, 1.82) is 0 Å². The van der Waals surface area contributed by atoms with Crippen LogP contribution < -0.4 is 0 Å². The quantitative estimate of drug-likeness (QED) is 0.0358. The second-order valence-corrected chi connectivity index (χ2v) is 25.1. The van der Waals surface area contributed by atoms with Crippen molar-refractivity contribution in [1.82, 2.24) is 0 Å². The Kier molecular flexibility index (Phi) is 48.3. The van der Waals surface area contributed by atoms with Crippen LogP contribution in [0.5, 0.6) is 0 Å². The van der Waals surface area contributed by atoms with E-state index in [0.717, 1.165) is 67.5 Å². The molecule has 0 atom stereocenters. The van der Waals surface area contributed by atoms with Gasteiger partial charge in [-0.15, -0.1) is 0 Å². The minimum absolute atomic E-state index is 1.01. The topological polar surface area (TPSA) is 25.3 Å². The zero-order valence-electron chi connectivity index (χ0n) is 51.9. The van der Waals surface area contributed by atoms with Crippen molar-refractivity contribution in [2.24, 2.45) is 0 Å². The van der Waals surface area contributed by atoms with Crippen LogP contribution in [0, 0.1) is 0 Å². The Bertz CT molecular complexity index is 1650. The van der Waals surface area contributed by atoms with Gasteiger partial charge in [-0.25, -0.2) is 4.70 Å². The molecular weight excluding hydrogens is 964 g/mol. The smallest absolute Gasteiger partial charge is 0.0654 e. The number of rotatable bonds is 53. The maximum atomic E-state index is 11.8. The van der Waals surface area contributed by atoms with Crippen LogP contribution in [-0.4, -0.2) is 4.70 Å². The van der Waals surface area contributed by atoms with Crippen LogP contribution in [0.1, 0.15) is 366 Å². The van der Waals surface area contributed by atoms with E-state index >= 15 is 0 Å². The third kappa shape index (κ3) is 35.6. The van der Waals surface area contributed by atoms with Crippen LogP contribution in [-0.2, 0) is 27.3 Å². The van der Waals surface area contributed by atoms with Gasteiger partial charge in [0, 0.05) is 22.3 Å². The van der Waals surface area contributed by atoms with Crippen molar-refractivity contribution in [3.05, 3.63) is 87.5 Å². The molecule has 0 N–H and O–H groups in total. The molecule has 3 heteroatoms. The maximum absolute atomic E-state index is 11.8. The Morgan fingerprint density at radius 1 is 0.289 bits per heavy atom. The molecule has 0 spiro atoms. The number of allylic oxidation sites excluding steroid dienone is 2. The molecule has 2 nitrogen and oxygen atoms in total. The molecule has 0 bridgehead atoms. The van der Waals surface area contributed by atoms with Crippen molar-refractivity contribution in [2.45, 2.75) is 367 Å². The van der Waals surface area contributed by atoms with E-state index in [0.29, 0.717) is 0 Å². The van der Waals surface area contributed by atoms with Gasteiger partial charge in [0.2, 0.25) is 11.4 Å². The van der Waals surface area contributed by atoms with E-state index in [-0.39, 0.29) is 0 Å². The fourth-order valence-corrected chi connectivity index (χ4v) is 12.6. The second kappa shape index (κ2) is 52.4. The summed E-state index contributed by atoms with van der Waals surface area (Å²) < 4.78 is 1.55. The molecule has 3 rings (SSSR count). The van der Waals surface area contributed by atoms with Crippen LogP contribution >= 0.6 is 0 Å². The molecule has 0 saturated carbocycles. The summed E-state index contributed by atoms with van der Waals surface area (Å²) in [5.41, 5.74) is 21.6. The average Bonchev–Trinajstić information content (AvgIpc) is 3.76. The molecule has 1 aliphatic heterocycles. The van der Waals surface area contributed by atoms with Crippen LogP contribution in [0.25, 0.3) is 16.9 Å². The predicted molar refractivity (Wildman–Crippen MR) is 338 cm³/mol. The Hall–Kier alpha value is -1.99. The summed E-state index contributed by atoms with van der Waals surface area (Å²) in [4.78, 5) is 0. The standard InChI is InChI=1S/C33H46N2.2C20H41.Ni/c1-5-9-13-23-31-30(22-12-8-4)32(28-20-14-18-26(24-28)16-10-6-2)35(34)33(31)29-21-15-19-27(25-29)17-11-7-3;2*1-3-5-7-9-11-13-15-17-19-20-18-16-14-12-10-8-6-4-2;/h14-15,18-21,24-25H,5-13,16-17,22-23H2,1-4H3;2*1,3-20H2,2H3;. The third-order valence-electron chi connectivity index (χ3n) is 16.4. The zero-order chi connectivity index (χ0) is 54.6. The molecule has 440 valence electrons. The molecule has 0 radical (unpaired) electrons. The van der Waals surface area contributed by atoms with Crippen molar-refractivity contribution in [2.75, 3.05) is 0 Å². The van der Waals surface area contributed by atoms with Crippen LogP contribution in [0.3, 0.4) is 0 Å². The molecule has 2 aromatic carbocycles. The third-order valence-corrected chi connectivity index (χ3v) is 17.8. The van der Waals surface area contributed by atoms with E-state index in [4.69, 9.17) is 0 Å². The van der Waals surface area contributed by atoms with Gasteiger partial charge in [0.25, 0.3) is 0 Å². The van der Waals surface area contributed by atoms with E-state index in [2.05, 4.69) is 90.1 Å². The molecule has 0 aliphatic carbocycles. The summed E-state index contributed by atoms with van der Waals surface area (Å²) in [5.74, 6) is 0. The normalized spacial score (nSPS) is 12.7. The Balaban J connectivity index is 0.000000525. The van der Waals surface area contributed by atoms with Gasteiger partial charge in [-0.3, -0.25) is 0 Å². The van der Waals surface area contributed by atoms with Gasteiger partial charge in [0.05, 0.1) is 0 Å². The minimum Gasteiger partial charge on any atom is -0.0654 e. The molecule has 0 saturated heterocycles. The zero-order valence-corrected chi connectivity index (χ0v) is 52.9. The minimum atomic E-state index is 1.01. The summed E-state index contributed by atoms with van der Waals surface area (Å²) in [7, 11) is 0. The van der Waals surface area contributed by atoms with Crippen molar-refractivity contribution >= 4 is 11.4 Å². The number of benzene rings is 2. The van der Waals surface area contributed by atoms with Crippen LogP contribution in [0.4, 0.5) is 0 Å². The predicted octanol–water partition coefficient (Wildman–Crippen LogP) is 26.3. The van der Waals surface area contributed by atoms with E-state index in [9.17, 15) is 5.53 Å². The van der Waals surface area contributed by atoms with Gasteiger partial charge in [-0.1, -0.05) is 188 Å². The summed E-state index contributed by atoms with van der Waals surface area (Å²) >= 11 is 2.05. The van der Waals surface area contributed by atoms with Crippen molar-refractivity contribution < 1.29 is 19.1 Å². The second-order valence-electron chi connectivity index (χ2n) is 23.6. The number of hydrogen-bond acceptors (Lipinski definition) is 0. The molecule has 1 aliphatic rings. The van der Waals surface area contributed by atoms with Gasteiger partial charge in [-0.05, 0) is 86.8 Å². The van der Waals surface area contributed by atoms with E-state index in [1.165, 1.54) is 303 Å². The molecule has 0 fully saturated rings. The molecule has 0 unspecified atom stereocenters. The van der Waals surface area contributed by atoms with Gasteiger partial charge in [0.15, 0.2) is 0 Å². The monoisotopic (exact) mass is 1090 g/mol. The van der Waals surface area contributed by atoms with Crippen molar-refractivity contribution in [3.63, 3.8) is 0 Å². The number of hydrogen-bond donors (Lipinski definition) is 0. The van der Waals surface area contributed by atoms with Crippen molar-refractivity contribution in [3.8, 4) is 0 Å². The summed E-state index contributed by atoms with van der Waals surface area (Å²) in [5, 5.41) is 2.87.